The van der Waals surface area contributed by atoms with Crippen LogP contribution < -0.4 is 0 Å². The molecule has 11 aromatic rings. The zero-order valence-corrected chi connectivity index (χ0v) is 47.7. The summed E-state index contributed by atoms with van der Waals surface area (Å²) in [6.45, 7) is 20.1. The quantitative estimate of drug-likeness (QED) is 0.147. The number of nitrogens with zero attached hydrogens (tertiary/aromatic N) is 3. The number of imidazole rings is 1. The molecule has 9 aromatic carbocycles. The van der Waals surface area contributed by atoms with Crippen molar-refractivity contribution in [3.8, 4) is 101 Å². The van der Waals surface area contributed by atoms with E-state index in [2.05, 4.69) is 279 Å². The summed E-state index contributed by atoms with van der Waals surface area (Å²) in [5.41, 5.74) is 20.4. The molecule has 0 amide bonds. The third-order valence-electron chi connectivity index (χ3n) is 14.7. The Labute approximate surface area is 469 Å². The molecule has 0 unspecified atom stereocenters. The molecule has 0 saturated carbocycles. The number of rotatable bonds is 9. The third-order valence-corrected chi connectivity index (χ3v) is 14.7. The average Bonchev–Trinajstić information content (AvgIpc) is 3.83. The molecule has 4 nitrogen and oxygen atoms in total. The van der Waals surface area contributed by atoms with Gasteiger partial charge < -0.3 is 5.11 Å². The van der Waals surface area contributed by atoms with Crippen molar-refractivity contribution >= 4 is 11.0 Å². The Morgan fingerprint density at radius 2 is 0.922 bits per heavy atom. The van der Waals surface area contributed by atoms with Gasteiger partial charge in [-0.1, -0.05) is 249 Å². The molecule has 384 valence electrons. The number of phenols is 1. The molecule has 0 spiro atoms. The average molecular weight is 1180 g/mol. The second-order valence-corrected chi connectivity index (χ2v) is 23.2. The minimum atomic E-state index is -0.369. The molecule has 2 aromatic heterocycles. The number of fused-ring (bicyclic) bond motifs is 1. The molecular weight excluding hydrogens is 1120 g/mol. The van der Waals surface area contributed by atoms with Gasteiger partial charge in [-0.15, -0.1) is 23.8 Å². The SMILES string of the molecule is CC(C)(C)c1cc(-c2nc3c(-c4[c-]c(-c5cc(-c6ccc(-c7ccccc7)cc6)ccn5)cc(-c5ccccc5)c4)cccc3n2-c2cc(-c3ccccc3)c(C(C)(C)C)cc2-c2ccccc2)c(O)c(C(C)(C)C)c1.[Pt]. The Kier molecular flexibility index (Phi) is 14.3. The summed E-state index contributed by atoms with van der Waals surface area (Å²) in [4.78, 5) is 10.8. The topological polar surface area (TPSA) is 50.9 Å². The van der Waals surface area contributed by atoms with E-state index in [0.717, 1.165) is 94.7 Å². The minimum Gasteiger partial charge on any atom is -0.507 e. The van der Waals surface area contributed by atoms with Crippen molar-refractivity contribution in [3.63, 3.8) is 0 Å². The van der Waals surface area contributed by atoms with E-state index in [1.807, 2.05) is 12.3 Å². The van der Waals surface area contributed by atoms with E-state index < -0.39 is 0 Å². The van der Waals surface area contributed by atoms with Crippen LogP contribution in [0.2, 0.25) is 0 Å². The molecule has 0 atom stereocenters. The van der Waals surface area contributed by atoms with Crippen LogP contribution >= 0.6 is 0 Å². The van der Waals surface area contributed by atoms with Crippen molar-refractivity contribution in [2.75, 3.05) is 0 Å². The first kappa shape index (κ1) is 52.5. The Bertz CT molecular complexity index is 3900. The van der Waals surface area contributed by atoms with Crippen molar-refractivity contribution < 1.29 is 26.2 Å². The van der Waals surface area contributed by atoms with Crippen LogP contribution in [0.25, 0.3) is 106 Å². The van der Waals surface area contributed by atoms with E-state index in [-0.39, 0.29) is 43.1 Å². The normalized spacial score (nSPS) is 11.9. The number of benzene rings is 9. The van der Waals surface area contributed by atoms with Crippen LogP contribution in [0.4, 0.5) is 0 Å². The summed E-state index contributed by atoms with van der Waals surface area (Å²) < 4.78 is 2.31. The van der Waals surface area contributed by atoms with Crippen molar-refractivity contribution in [3.05, 3.63) is 241 Å². The van der Waals surface area contributed by atoms with Crippen molar-refractivity contribution in [2.24, 2.45) is 0 Å². The fraction of sp³-hybridized carbons (Fsp3) is 0.167. The Balaban J connectivity index is 0.00000672. The molecule has 0 radical (unpaired) electrons. The maximum atomic E-state index is 12.8. The van der Waals surface area contributed by atoms with E-state index in [0.29, 0.717) is 11.4 Å². The fourth-order valence-electron chi connectivity index (χ4n) is 10.5. The molecule has 0 fully saturated rings. The number of hydrogen-bond donors (Lipinski definition) is 1. The largest absolute Gasteiger partial charge is 0.507 e. The van der Waals surface area contributed by atoms with E-state index in [4.69, 9.17) is 9.97 Å². The summed E-state index contributed by atoms with van der Waals surface area (Å²) in [7, 11) is 0. The van der Waals surface area contributed by atoms with E-state index >= 15 is 0 Å². The fourth-order valence-corrected chi connectivity index (χ4v) is 10.5. The van der Waals surface area contributed by atoms with Crippen LogP contribution in [0.5, 0.6) is 5.75 Å². The van der Waals surface area contributed by atoms with E-state index in [1.54, 1.807) is 0 Å². The van der Waals surface area contributed by atoms with Gasteiger partial charge in [0.05, 0.1) is 22.3 Å². The molecule has 0 bridgehead atoms. The Morgan fingerprint density at radius 3 is 1.49 bits per heavy atom. The first-order chi connectivity index (χ1) is 36.5. The number of pyridine rings is 1. The van der Waals surface area contributed by atoms with Gasteiger partial charge in [0, 0.05) is 44.1 Å². The van der Waals surface area contributed by atoms with Gasteiger partial charge in [-0.05, 0) is 102 Å². The second kappa shape index (κ2) is 20.9. The summed E-state index contributed by atoms with van der Waals surface area (Å²) in [5, 5.41) is 12.8. The van der Waals surface area contributed by atoms with Crippen LogP contribution in [0.3, 0.4) is 0 Å². The standard InChI is InChI=1S/C72H64N3O.Pt/c1-70(2,3)57-43-61(68(76)63(44-57)72(7,8)9)69-74-67-58(31-22-32-65(67)75(69)66-46-59(51-27-18-12-19-28-51)62(71(4,5)6)45-60(66)52-29-20-13-21-30-52)55-39-54(48-25-16-11-17-26-48)40-56(41-55)64-42-53(37-38-73-64)50-35-33-49(34-36-50)47-23-14-10-15-24-47;/h10-40,42-46,76H,1-9H3;/q-1;. The van der Waals surface area contributed by atoms with E-state index in [1.165, 1.54) is 16.7 Å². The molecule has 1 N–H and O–H groups in total. The Hall–Kier alpha value is -7.91. The first-order valence-electron chi connectivity index (χ1n) is 26.4. The van der Waals surface area contributed by atoms with Crippen LogP contribution in [0, 0.1) is 6.07 Å². The number of para-hydroxylation sites is 1. The third kappa shape index (κ3) is 10.5. The van der Waals surface area contributed by atoms with Crippen LogP contribution in [-0.4, -0.2) is 19.6 Å². The maximum absolute atomic E-state index is 12.8. The van der Waals surface area contributed by atoms with Gasteiger partial charge in [-0.3, -0.25) is 9.55 Å². The number of hydrogen-bond acceptors (Lipinski definition) is 3. The Morgan fingerprint density at radius 1 is 0.403 bits per heavy atom. The molecular formula is C72H64N3OPt-. The molecule has 77 heavy (non-hydrogen) atoms. The molecule has 2 heterocycles. The smallest absolute Gasteiger partial charge is 0.148 e. The van der Waals surface area contributed by atoms with Crippen LogP contribution in [-0.2, 0) is 37.3 Å². The van der Waals surface area contributed by atoms with Crippen LogP contribution in [0.1, 0.15) is 79.0 Å². The summed E-state index contributed by atoms with van der Waals surface area (Å²) in [6, 6.07) is 79.3. The maximum Gasteiger partial charge on any atom is 0.148 e. The molecule has 0 aliphatic rings. The number of phenolic OH excluding ortho intramolecular Hbond substituents is 1. The van der Waals surface area contributed by atoms with Crippen molar-refractivity contribution in [1.29, 1.82) is 0 Å². The minimum absolute atomic E-state index is 0. The zero-order chi connectivity index (χ0) is 52.9. The van der Waals surface area contributed by atoms with Crippen molar-refractivity contribution in [1.82, 2.24) is 14.5 Å². The summed E-state index contributed by atoms with van der Waals surface area (Å²) in [6.07, 6.45) is 1.90. The van der Waals surface area contributed by atoms with Gasteiger partial charge in [0.15, 0.2) is 0 Å². The van der Waals surface area contributed by atoms with Gasteiger partial charge in [-0.25, -0.2) is 4.98 Å². The monoisotopic (exact) mass is 1180 g/mol. The van der Waals surface area contributed by atoms with Gasteiger partial charge in [0.25, 0.3) is 0 Å². The van der Waals surface area contributed by atoms with Gasteiger partial charge in [0.2, 0.25) is 0 Å². The number of aromatic nitrogens is 3. The predicted molar refractivity (Wildman–Crippen MR) is 319 cm³/mol. The van der Waals surface area contributed by atoms with Gasteiger partial charge in [-0.2, -0.15) is 0 Å². The summed E-state index contributed by atoms with van der Waals surface area (Å²) >= 11 is 0. The molecule has 0 aliphatic heterocycles. The second-order valence-electron chi connectivity index (χ2n) is 23.2. The molecule has 0 saturated heterocycles. The van der Waals surface area contributed by atoms with E-state index in [9.17, 15) is 5.11 Å². The summed E-state index contributed by atoms with van der Waals surface area (Å²) in [5.74, 6) is 0.887. The predicted octanol–water partition coefficient (Wildman–Crippen LogP) is 19.2. The van der Waals surface area contributed by atoms with Gasteiger partial charge >= 0.3 is 0 Å². The molecule has 5 heteroatoms. The van der Waals surface area contributed by atoms with Crippen molar-refractivity contribution in [2.45, 2.75) is 78.6 Å². The first-order valence-corrected chi connectivity index (χ1v) is 26.4. The van der Waals surface area contributed by atoms with Gasteiger partial charge in [0.1, 0.15) is 11.6 Å². The number of aromatic hydroxyl groups is 1. The van der Waals surface area contributed by atoms with Crippen LogP contribution in [0.15, 0.2) is 219 Å². The zero-order valence-electron chi connectivity index (χ0n) is 45.4. The molecule has 11 rings (SSSR count). The molecule has 0 aliphatic carbocycles.